The van der Waals surface area contributed by atoms with E-state index in [1.54, 1.807) is 0 Å². The second kappa shape index (κ2) is 4.94. The van der Waals surface area contributed by atoms with Crippen molar-refractivity contribution in [1.82, 2.24) is 0 Å². The van der Waals surface area contributed by atoms with E-state index in [1.807, 2.05) is 0 Å². The summed E-state index contributed by atoms with van der Waals surface area (Å²) < 4.78 is 63.2. The number of benzene rings is 1. The van der Waals surface area contributed by atoms with Crippen LogP contribution in [0.2, 0.25) is 0 Å². The SMILES string of the molecule is O=S1(=O)CCCN1c1ccc(B(O)O)cc1C(F)(F)F. The van der Waals surface area contributed by atoms with E-state index >= 15 is 0 Å². The Morgan fingerprint density at radius 1 is 1.25 bits per heavy atom. The Bertz CT molecular complexity index is 617. The van der Waals surface area contributed by atoms with E-state index in [9.17, 15) is 21.6 Å². The highest BCUT2D eigenvalue weighted by atomic mass is 32.2. The maximum absolute atomic E-state index is 13.0. The maximum atomic E-state index is 13.0. The fraction of sp³-hybridized carbons (Fsp3) is 0.400. The molecule has 0 aromatic heterocycles. The molecular formula is C10H11BF3NO4S. The van der Waals surface area contributed by atoms with Crippen LogP contribution in [0, 0.1) is 0 Å². The number of hydrogen-bond acceptors (Lipinski definition) is 4. The maximum Gasteiger partial charge on any atom is 0.488 e. The predicted octanol–water partition coefficient (Wildman–Crippen LogP) is -0.0749. The normalized spacial score (nSPS) is 18.4. The number of nitrogens with zero attached hydrogens (tertiary/aromatic N) is 1. The molecule has 1 aromatic carbocycles. The van der Waals surface area contributed by atoms with Gasteiger partial charge in [-0.25, -0.2) is 8.42 Å². The molecule has 2 N–H and O–H groups in total. The third-order valence-electron chi connectivity index (χ3n) is 2.99. The van der Waals surface area contributed by atoms with Crippen LogP contribution >= 0.6 is 0 Å². The van der Waals surface area contributed by atoms with E-state index < -0.39 is 34.6 Å². The Hall–Kier alpha value is -1.26. The van der Waals surface area contributed by atoms with Crippen LogP contribution in [0.15, 0.2) is 18.2 Å². The quantitative estimate of drug-likeness (QED) is 0.750. The van der Waals surface area contributed by atoms with Crippen molar-refractivity contribution in [2.75, 3.05) is 16.6 Å². The van der Waals surface area contributed by atoms with Crippen LogP contribution in [0.25, 0.3) is 0 Å². The monoisotopic (exact) mass is 309 g/mol. The van der Waals surface area contributed by atoms with Gasteiger partial charge < -0.3 is 10.0 Å². The van der Waals surface area contributed by atoms with Gasteiger partial charge in [-0.1, -0.05) is 6.07 Å². The van der Waals surface area contributed by atoms with Gasteiger partial charge in [0.1, 0.15) is 0 Å². The summed E-state index contributed by atoms with van der Waals surface area (Å²) in [5, 5.41) is 17.9. The third-order valence-corrected chi connectivity index (χ3v) is 4.85. The molecule has 1 aliphatic rings. The second-order valence-electron chi connectivity index (χ2n) is 4.39. The molecule has 1 fully saturated rings. The van der Waals surface area contributed by atoms with E-state index in [4.69, 9.17) is 10.0 Å². The van der Waals surface area contributed by atoms with Gasteiger partial charge in [0.2, 0.25) is 10.0 Å². The summed E-state index contributed by atoms with van der Waals surface area (Å²) in [5.41, 5.74) is -2.04. The lowest BCUT2D eigenvalue weighted by Crippen LogP contribution is -2.33. The molecule has 0 unspecified atom stereocenters. The van der Waals surface area contributed by atoms with Gasteiger partial charge in [0.15, 0.2) is 0 Å². The largest absolute Gasteiger partial charge is 0.488 e. The highest BCUT2D eigenvalue weighted by Gasteiger charge is 2.39. The molecule has 1 saturated heterocycles. The van der Waals surface area contributed by atoms with Gasteiger partial charge in [0.05, 0.1) is 17.0 Å². The van der Waals surface area contributed by atoms with E-state index in [-0.39, 0.29) is 24.2 Å². The van der Waals surface area contributed by atoms with Gasteiger partial charge >= 0.3 is 13.3 Å². The van der Waals surface area contributed by atoms with Crippen LogP contribution in [0.5, 0.6) is 0 Å². The molecule has 0 radical (unpaired) electrons. The van der Waals surface area contributed by atoms with Gasteiger partial charge in [-0.3, -0.25) is 4.31 Å². The van der Waals surface area contributed by atoms with Crippen molar-refractivity contribution in [3.8, 4) is 0 Å². The first kappa shape index (κ1) is 15.1. The van der Waals surface area contributed by atoms with Crippen LogP contribution in [0.1, 0.15) is 12.0 Å². The molecule has 20 heavy (non-hydrogen) atoms. The number of alkyl halides is 3. The molecule has 0 bridgehead atoms. The lowest BCUT2D eigenvalue weighted by atomic mass is 9.79. The Kier molecular flexibility index (Phi) is 3.74. The van der Waals surface area contributed by atoms with Crippen molar-refractivity contribution in [3.63, 3.8) is 0 Å². The summed E-state index contributed by atoms with van der Waals surface area (Å²) in [4.78, 5) is 0. The minimum atomic E-state index is -4.79. The molecule has 10 heteroatoms. The van der Waals surface area contributed by atoms with E-state index in [0.717, 1.165) is 12.1 Å². The smallest absolute Gasteiger partial charge is 0.423 e. The minimum absolute atomic E-state index is 0.0214. The molecule has 1 aromatic rings. The summed E-state index contributed by atoms with van der Waals surface area (Å²) >= 11 is 0. The van der Waals surface area contributed by atoms with Crippen molar-refractivity contribution in [1.29, 1.82) is 0 Å². The summed E-state index contributed by atoms with van der Waals surface area (Å²) in [7, 11) is -5.80. The zero-order valence-corrected chi connectivity index (χ0v) is 10.9. The molecule has 2 rings (SSSR count). The number of hydrogen-bond donors (Lipinski definition) is 2. The van der Waals surface area contributed by atoms with E-state index in [0.29, 0.717) is 10.4 Å². The summed E-state index contributed by atoms with van der Waals surface area (Å²) in [6, 6.07) is 2.55. The first-order valence-corrected chi connectivity index (χ1v) is 7.31. The number of sulfonamides is 1. The lowest BCUT2D eigenvalue weighted by molar-refractivity contribution is -0.137. The highest BCUT2D eigenvalue weighted by Crippen LogP contribution is 2.38. The van der Waals surface area contributed by atoms with Gasteiger partial charge in [-0.15, -0.1) is 0 Å². The number of halogens is 3. The third kappa shape index (κ3) is 2.77. The molecule has 1 heterocycles. The van der Waals surface area contributed by atoms with Crippen LogP contribution < -0.4 is 9.77 Å². The predicted molar refractivity (Wildman–Crippen MR) is 67.0 cm³/mol. The molecule has 1 aliphatic heterocycles. The van der Waals surface area contributed by atoms with Gasteiger partial charge in [-0.05, 0) is 24.0 Å². The van der Waals surface area contributed by atoms with Gasteiger partial charge in [0.25, 0.3) is 0 Å². The average Bonchev–Trinajstić information content (AvgIpc) is 2.66. The van der Waals surface area contributed by atoms with E-state index in [2.05, 4.69) is 0 Å². The highest BCUT2D eigenvalue weighted by molar-refractivity contribution is 7.93. The second-order valence-corrected chi connectivity index (χ2v) is 6.40. The Balaban J connectivity index is 2.59. The fourth-order valence-corrected chi connectivity index (χ4v) is 3.65. The molecule has 0 atom stereocenters. The van der Waals surface area contributed by atoms with E-state index in [1.165, 1.54) is 0 Å². The van der Waals surface area contributed by atoms with Crippen molar-refractivity contribution in [2.24, 2.45) is 0 Å². The zero-order valence-electron chi connectivity index (χ0n) is 10.1. The molecule has 110 valence electrons. The van der Waals surface area contributed by atoms with Gasteiger partial charge in [0, 0.05) is 6.54 Å². The van der Waals surface area contributed by atoms with Crippen LogP contribution in [0.4, 0.5) is 18.9 Å². The molecule has 0 saturated carbocycles. The number of anilines is 1. The van der Waals surface area contributed by atoms with Crippen LogP contribution in [-0.4, -0.2) is 37.9 Å². The summed E-state index contributed by atoms with van der Waals surface area (Å²) in [6.07, 6.45) is -4.54. The standard InChI is InChI=1S/C10H11BF3NO4S/c12-10(13,14)8-6-7(11(16)17)2-3-9(8)15-4-1-5-20(15,18)19/h2-3,6,16-17H,1,4-5H2. The Morgan fingerprint density at radius 2 is 1.90 bits per heavy atom. The lowest BCUT2D eigenvalue weighted by Gasteiger charge is -2.22. The minimum Gasteiger partial charge on any atom is -0.423 e. The van der Waals surface area contributed by atoms with Crippen molar-refractivity contribution < 1.29 is 31.6 Å². The number of rotatable bonds is 2. The fourth-order valence-electron chi connectivity index (χ4n) is 2.07. The van der Waals surface area contributed by atoms with Crippen molar-refractivity contribution in [2.45, 2.75) is 12.6 Å². The molecule has 0 aliphatic carbocycles. The average molecular weight is 309 g/mol. The molecule has 5 nitrogen and oxygen atoms in total. The Morgan fingerprint density at radius 3 is 2.35 bits per heavy atom. The summed E-state index contributed by atoms with van der Waals surface area (Å²) in [6.45, 7) is -0.0214. The zero-order chi connectivity index (χ0) is 15.1. The molecular weight excluding hydrogens is 298 g/mol. The first-order chi connectivity index (χ1) is 9.13. The van der Waals surface area contributed by atoms with Crippen molar-refractivity contribution >= 4 is 28.3 Å². The first-order valence-electron chi connectivity index (χ1n) is 5.70. The molecule has 0 spiro atoms. The van der Waals surface area contributed by atoms with Crippen molar-refractivity contribution in [3.05, 3.63) is 23.8 Å². The van der Waals surface area contributed by atoms with Crippen LogP contribution in [0.3, 0.4) is 0 Å². The topological polar surface area (TPSA) is 77.8 Å². The van der Waals surface area contributed by atoms with Crippen LogP contribution in [-0.2, 0) is 16.2 Å². The van der Waals surface area contributed by atoms with Gasteiger partial charge in [-0.2, -0.15) is 13.2 Å². The summed E-state index contributed by atoms with van der Waals surface area (Å²) in [5.74, 6) is -0.200. The molecule has 0 amide bonds. The Labute approximate surface area is 113 Å².